The SMILES string of the molecule is CN(C)c1nc(C(=O)N[C@@](C)(c2ccc(OC(F)(F)F)cc2Cl)C(C)(C)O)cc(=O)[nH]1. The van der Waals surface area contributed by atoms with Gasteiger partial charge < -0.3 is 20.1 Å². The van der Waals surface area contributed by atoms with E-state index in [1.54, 1.807) is 14.1 Å². The van der Waals surface area contributed by atoms with E-state index >= 15 is 0 Å². The molecule has 1 aromatic carbocycles. The normalized spacial score (nSPS) is 14.0. The molecule has 0 aliphatic heterocycles. The number of benzene rings is 1. The Morgan fingerprint density at radius 1 is 1.23 bits per heavy atom. The van der Waals surface area contributed by atoms with E-state index in [9.17, 15) is 27.9 Å². The zero-order valence-corrected chi connectivity index (χ0v) is 18.1. The van der Waals surface area contributed by atoms with Gasteiger partial charge in [-0.15, -0.1) is 13.2 Å². The smallest absolute Gasteiger partial charge is 0.406 e. The van der Waals surface area contributed by atoms with Crippen molar-refractivity contribution in [2.75, 3.05) is 19.0 Å². The molecule has 0 radical (unpaired) electrons. The van der Waals surface area contributed by atoms with E-state index in [0.29, 0.717) is 0 Å². The lowest BCUT2D eigenvalue weighted by Gasteiger charge is -2.42. The highest BCUT2D eigenvalue weighted by Crippen LogP contribution is 2.39. The predicted molar refractivity (Wildman–Crippen MR) is 108 cm³/mol. The minimum absolute atomic E-state index is 0.127. The summed E-state index contributed by atoms with van der Waals surface area (Å²) in [5.74, 6) is -1.22. The molecule has 0 saturated heterocycles. The molecular weight excluding hydrogens is 441 g/mol. The number of nitrogens with one attached hydrogen (secondary N) is 2. The molecule has 0 fully saturated rings. The van der Waals surface area contributed by atoms with Crippen LogP contribution < -0.4 is 20.5 Å². The second kappa shape index (κ2) is 8.39. The van der Waals surface area contributed by atoms with Crippen LogP contribution in [0.4, 0.5) is 19.1 Å². The molecule has 170 valence electrons. The summed E-state index contributed by atoms with van der Waals surface area (Å²) in [6.45, 7) is 4.22. The number of nitrogens with zero attached hydrogens (tertiary/aromatic N) is 2. The van der Waals surface area contributed by atoms with Crippen LogP contribution in [-0.4, -0.2) is 47.0 Å². The number of anilines is 1. The van der Waals surface area contributed by atoms with E-state index in [1.807, 2.05) is 0 Å². The van der Waals surface area contributed by atoms with Gasteiger partial charge in [-0.3, -0.25) is 14.6 Å². The minimum Gasteiger partial charge on any atom is -0.406 e. The number of H-pyrrole nitrogens is 1. The van der Waals surface area contributed by atoms with Gasteiger partial charge in [-0.05, 0) is 38.5 Å². The van der Waals surface area contributed by atoms with Gasteiger partial charge >= 0.3 is 6.36 Å². The third-order valence-corrected chi connectivity index (χ3v) is 5.00. The number of carbonyl (C=O) groups excluding carboxylic acids is 1. The van der Waals surface area contributed by atoms with Crippen LogP contribution in [0.5, 0.6) is 5.75 Å². The number of hydrogen-bond acceptors (Lipinski definition) is 6. The number of aliphatic hydroxyl groups is 1. The molecule has 1 heterocycles. The third-order valence-electron chi connectivity index (χ3n) is 4.69. The Balaban J connectivity index is 2.49. The number of carbonyl (C=O) groups is 1. The Hall–Kier alpha value is -2.79. The molecule has 0 unspecified atom stereocenters. The third kappa shape index (κ3) is 5.67. The summed E-state index contributed by atoms with van der Waals surface area (Å²) in [4.78, 5) is 32.8. The van der Waals surface area contributed by atoms with Crippen LogP contribution in [0.2, 0.25) is 5.02 Å². The molecule has 0 aliphatic rings. The number of alkyl halides is 3. The molecule has 31 heavy (non-hydrogen) atoms. The first-order chi connectivity index (χ1) is 14.0. The molecule has 0 spiro atoms. The molecule has 2 rings (SSSR count). The van der Waals surface area contributed by atoms with Crippen LogP contribution in [0.25, 0.3) is 0 Å². The average molecular weight is 463 g/mol. The monoisotopic (exact) mass is 462 g/mol. The van der Waals surface area contributed by atoms with Crippen molar-refractivity contribution in [3.63, 3.8) is 0 Å². The first-order valence-electron chi connectivity index (χ1n) is 8.93. The predicted octanol–water partition coefficient (Wildman–Crippen LogP) is 2.80. The van der Waals surface area contributed by atoms with Crippen LogP contribution in [0.15, 0.2) is 29.1 Å². The summed E-state index contributed by atoms with van der Waals surface area (Å²) < 4.78 is 41.3. The lowest BCUT2D eigenvalue weighted by atomic mass is 9.77. The molecule has 1 aromatic heterocycles. The van der Waals surface area contributed by atoms with E-state index < -0.39 is 34.7 Å². The van der Waals surface area contributed by atoms with Crippen LogP contribution in [-0.2, 0) is 5.54 Å². The Bertz CT molecular complexity index is 1030. The fraction of sp³-hybridized carbons (Fsp3) is 0.421. The fourth-order valence-electron chi connectivity index (χ4n) is 2.71. The van der Waals surface area contributed by atoms with E-state index in [-0.39, 0.29) is 22.2 Å². The van der Waals surface area contributed by atoms with Crippen molar-refractivity contribution in [3.8, 4) is 5.75 Å². The van der Waals surface area contributed by atoms with Gasteiger partial charge in [0.2, 0.25) is 5.95 Å². The molecule has 1 atom stereocenters. The molecule has 0 bridgehead atoms. The van der Waals surface area contributed by atoms with Crippen molar-refractivity contribution in [1.29, 1.82) is 0 Å². The molecular formula is C19H22ClF3N4O4. The number of aromatic nitrogens is 2. The van der Waals surface area contributed by atoms with Crippen molar-refractivity contribution >= 4 is 23.5 Å². The molecule has 8 nitrogen and oxygen atoms in total. The summed E-state index contributed by atoms with van der Waals surface area (Å²) >= 11 is 6.18. The number of halogens is 4. The van der Waals surface area contributed by atoms with Gasteiger partial charge in [0.25, 0.3) is 11.5 Å². The lowest BCUT2D eigenvalue weighted by Crippen LogP contribution is -2.57. The van der Waals surface area contributed by atoms with Gasteiger partial charge in [-0.1, -0.05) is 17.7 Å². The van der Waals surface area contributed by atoms with Crippen molar-refractivity contribution in [2.24, 2.45) is 0 Å². The second-order valence-electron chi connectivity index (χ2n) is 7.68. The summed E-state index contributed by atoms with van der Waals surface area (Å²) in [5.41, 5.74) is -3.89. The van der Waals surface area contributed by atoms with Crippen LogP contribution in [0.1, 0.15) is 36.8 Å². The maximum Gasteiger partial charge on any atom is 0.573 e. The van der Waals surface area contributed by atoms with Gasteiger partial charge in [0.05, 0.1) is 11.1 Å². The van der Waals surface area contributed by atoms with Crippen molar-refractivity contribution in [3.05, 3.63) is 50.9 Å². The number of ether oxygens (including phenoxy) is 1. The zero-order chi connectivity index (χ0) is 23.8. The van der Waals surface area contributed by atoms with Crippen LogP contribution in [0.3, 0.4) is 0 Å². The maximum atomic E-state index is 12.9. The number of hydrogen-bond donors (Lipinski definition) is 3. The molecule has 3 N–H and O–H groups in total. The highest BCUT2D eigenvalue weighted by atomic mass is 35.5. The van der Waals surface area contributed by atoms with Crippen molar-refractivity contribution in [2.45, 2.75) is 38.3 Å². The van der Waals surface area contributed by atoms with Crippen molar-refractivity contribution in [1.82, 2.24) is 15.3 Å². The topological polar surface area (TPSA) is 108 Å². The fourth-order valence-corrected chi connectivity index (χ4v) is 3.07. The molecule has 0 aliphatic carbocycles. The molecule has 1 amide bonds. The van der Waals surface area contributed by atoms with Gasteiger partial charge in [0.15, 0.2) is 0 Å². The zero-order valence-electron chi connectivity index (χ0n) is 17.4. The molecule has 0 saturated carbocycles. The van der Waals surface area contributed by atoms with Gasteiger partial charge in [0.1, 0.15) is 11.4 Å². The van der Waals surface area contributed by atoms with E-state index in [4.69, 9.17) is 11.6 Å². The molecule has 12 heteroatoms. The second-order valence-corrected chi connectivity index (χ2v) is 8.08. The van der Waals surface area contributed by atoms with Crippen molar-refractivity contribution < 1.29 is 27.8 Å². The summed E-state index contributed by atoms with van der Waals surface area (Å²) in [5, 5.41) is 13.2. The standard InChI is InChI=1S/C19H22ClF3N4O4/c1-17(2,30)18(3,11-7-6-10(8-12(11)20)31-19(21,22)23)26-15(29)13-9-14(28)25-16(24-13)27(4)5/h6-9,30H,1-5H3,(H,26,29)(H,24,25,28)/t18-/m0/s1. The Morgan fingerprint density at radius 2 is 1.84 bits per heavy atom. The maximum absolute atomic E-state index is 12.9. The number of amides is 1. The molecule has 2 aromatic rings. The Kier molecular flexibility index (Phi) is 6.62. The van der Waals surface area contributed by atoms with Gasteiger partial charge in [-0.2, -0.15) is 0 Å². The number of rotatable bonds is 6. The van der Waals surface area contributed by atoms with E-state index in [2.05, 4.69) is 20.0 Å². The summed E-state index contributed by atoms with van der Waals surface area (Å²) in [7, 11) is 3.23. The average Bonchev–Trinajstić information content (AvgIpc) is 2.58. The summed E-state index contributed by atoms with van der Waals surface area (Å²) in [6.07, 6.45) is -4.91. The van der Waals surface area contributed by atoms with Gasteiger partial charge in [0, 0.05) is 25.2 Å². The highest BCUT2D eigenvalue weighted by molar-refractivity contribution is 6.31. The van der Waals surface area contributed by atoms with Gasteiger partial charge in [-0.25, -0.2) is 4.98 Å². The Morgan fingerprint density at radius 3 is 2.32 bits per heavy atom. The lowest BCUT2D eigenvalue weighted by molar-refractivity contribution is -0.274. The summed E-state index contributed by atoms with van der Waals surface area (Å²) in [6, 6.07) is 4.13. The first kappa shape index (κ1) is 24.5. The van der Waals surface area contributed by atoms with Crippen LogP contribution in [0, 0.1) is 0 Å². The highest BCUT2D eigenvalue weighted by Gasteiger charge is 2.44. The largest absolute Gasteiger partial charge is 0.573 e. The number of aromatic amines is 1. The van der Waals surface area contributed by atoms with Crippen LogP contribution >= 0.6 is 11.6 Å². The van der Waals surface area contributed by atoms with E-state index in [1.165, 1.54) is 31.7 Å². The minimum atomic E-state index is -4.91. The van der Waals surface area contributed by atoms with E-state index in [0.717, 1.165) is 18.2 Å². The quantitative estimate of drug-likeness (QED) is 0.609. The Labute approximate surface area is 181 Å². The first-order valence-corrected chi connectivity index (χ1v) is 9.30.